The van der Waals surface area contributed by atoms with E-state index in [2.05, 4.69) is 4.72 Å². The van der Waals surface area contributed by atoms with Crippen molar-refractivity contribution in [1.82, 2.24) is 4.72 Å². The first-order valence-electron chi connectivity index (χ1n) is 5.74. The number of hydrogen-bond acceptors (Lipinski definition) is 4. The lowest BCUT2D eigenvalue weighted by Gasteiger charge is -2.15. The lowest BCUT2D eigenvalue weighted by molar-refractivity contribution is 0.0697. The van der Waals surface area contributed by atoms with Gasteiger partial charge in [0.25, 0.3) is 0 Å². The molecular formula is C11H17NO4S2. The summed E-state index contributed by atoms with van der Waals surface area (Å²) in [6.45, 7) is 3.91. The van der Waals surface area contributed by atoms with E-state index in [4.69, 9.17) is 5.11 Å². The summed E-state index contributed by atoms with van der Waals surface area (Å²) in [7, 11) is -3.60. The normalized spacial score (nSPS) is 13.4. The van der Waals surface area contributed by atoms with Crippen molar-refractivity contribution in [2.75, 3.05) is 0 Å². The number of hydrogen-bond donors (Lipinski definition) is 2. The van der Waals surface area contributed by atoms with Gasteiger partial charge in [0.2, 0.25) is 10.0 Å². The molecule has 0 spiro atoms. The van der Waals surface area contributed by atoms with E-state index in [9.17, 15) is 13.2 Å². The molecular weight excluding hydrogens is 274 g/mol. The molecule has 1 atom stereocenters. The van der Waals surface area contributed by atoms with Gasteiger partial charge < -0.3 is 5.11 Å². The smallest absolute Gasteiger partial charge is 0.336 e. The summed E-state index contributed by atoms with van der Waals surface area (Å²) in [6.07, 6.45) is 2.38. The third-order valence-corrected chi connectivity index (χ3v) is 5.50. The number of carboxylic acids is 1. The summed E-state index contributed by atoms with van der Waals surface area (Å²) in [5.74, 6) is -1.12. The van der Waals surface area contributed by atoms with Crippen molar-refractivity contribution >= 4 is 27.3 Å². The van der Waals surface area contributed by atoms with Crippen molar-refractivity contribution in [3.8, 4) is 0 Å². The minimum absolute atomic E-state index is 0.00362. The number of rotatable bonds is 7. The Morgan fingerprint density at radius 2 is 2.17 bits per heavy atom. The van der Waals surface area contributed by atoms with Crippen LogP contribution in [0.2, 0.25) is 0 Å². The van der Waals surface area contributed by atoms with Crippen LogP contribution in [0.3, 0.4) is 0 Å². The predicted octanol–water partition coefficient (Wildman–Crippen LogP) is 2.30. The summed E-state index contributed by atoms with van der Waals surface area (Å²) in [5.41, 5.74) is 0.00362. The number of carboxylic acid groups (broad SMARTS) is 1. The lowest BCUT2D eigenvalue weighted by atomic mass is 10.1. The molecule has 0 aromatic carbocycles. The standard InChI is InChI=1S/C11H17NO4S2/c1-3-5-9(4-2)12-18(15,16)10-6-8(7-17-10)11(13)14/h6-7,9,12H,3-5H2,1-2H3,(H,13,14). The highest BCUT2D eigenvalue weighted by Gasteiger charge is 2.21. The van der Waals surface area contributed by atoms with E-state index in [-0.39, 0.29) is 15.8 Å². The van der Waals surface area contributed by atoms with Crippen molar-refractivity contribution in [2.24, 2.45) is 0 Å². The topological polar surface area (TPSA) is 83.5 Å². The van der Waals surface area contributed by atoms with E-state index in [0.717, 1.165) is 24.2 Å². The number of thiophene rings is 1. The highest BCUT2D eigenvalue weighted by atomic mass is 32.2. The average Bonchev–Trinajstić information content (AvgIpc) is 2.78. The second-order valence-electron chi connectivity index (χ2n) is 3.97. The molecule has 18 heavy (non-hydrogen) atoms. The molecule has 1 rings (SSSR count). The molecule has 1 heterocycles. The van der Waals surface area contributed by atoms with Crippen LogP contribution in [0.4, 0.5) is 0 Å². The van der Waals surface area contributed by atoms with Crippen molar-refractivity contribution in [3.63, 3.8) is 0 Å². The molecule has 102 valence electrons. The fraction of sp³-hybridized carbons (Fsp3) is 0.545. The number of carbonyl (C=O) groups is 1. The molecule has 5 nitrogen and oxygen atoms in total. The molecule has 1 unspecified atom stereocenters. The van der Waals surface area contributed by atoms with Gasteiger partial charge in [0.1, 0.15) is 4.21 Å². The Morgan fingerprint density at radius 3 is 2.61 bits per heavy atom. The lowest BCUT2D eigenvalue weighted by Crippen LogP contribution is -2.33. The molecule has 0 aliphatic heterocycles. The highest BCUT2D eigenvalue weighted by molar-refractivity contribution is 7.91. The zero-order chi connectivity index (χ0) is 13.8. The molecule has 7 heteroatoms. The molecule has 1 aromatic rings. The van der Waals surface area contributed by atoms with Gasteiger partial charge in [-0.15, -0.1) is 11.3 Å². The van der Waals surface area contributed by atoms with E-state index in [0.29, 0.717) is 6.42 Å². The van der Waals surface area contributed by atoms with Crippen LogP contribution < -0.4 is 4.72 Å². The molecule has 1 aromatic heterocycles. The van der Waals surface area contributed by atoms with E-state index in [1.807, 2.05) is 13.8 Å². The first-order chi connectivity index (χ1) is 8.40. The first kappa shape index (κ1) is 15.1. The molecule has 0 amide bonds. The SMILES string of the molecule is CCCC(CC)NS(=O)(=O)c1cc(C(=O)O)cs1. The molecule has 0 fully saturated rings. The van der Waals surface area contributed by atoms with Crippen LogP contribution in [0.25, 0.3) is 0 Å². The van der Waals surface area contributed by atoms with Crippen LogP contribution in [-0.2, 0) is 10.0 Å². The molecule has 0 bridgehead atoms. The van der Waals surface area contributed by atoms with Crippen LogP contribution in [0.1, 0.15) is 43.5 Å². The van der Waals surface area contributed by atoms with Crippen LogP contribution in [0.15, 0.2) is 15.7 Å². The second-order valence-corrected chi connectivity index (χ2v) is 6.83. The maximum Gasteiger partial charge on any atom is 0.336 e. The zero-order valence-corrected chi connectivity index (χ0v) is 12.0. The Kier molecular flexibility index (Phi) is 5.30. The average molecular weight is 291 g/mol. The summed E-state index contributed by atoms with van der Waals surface area (Å²) in [5, 5.41) is 10.1. The van der Waals surface area contributed by atoms with E-state index >= 15 is 0 Å². The van der Waals surface area contributed by atoms with Crippen molar-refractivity contribution in [3.05, 3.63) is 17.0 Å². The van der Waals surface area contributed by atoms with Gasteiger partial charge in [-0.05, 0) is 18.9 Å². The first-order valence-corrected chi connectivity index (χ1v) is 8.11. The van der Waals surface area contributed by atoms with Crippen LogP contribution in [-0.4, -0.2) is 25.5 Å². The minimum atomic E-state index is -3.60. The van der Waals surface area contributed by atoms with Gasteiger partial charge in [0.05, 0.1) is 5.56 Å². The fourth-order valence-electron chi connectivity index (χ4n) is 1.54. The van der Waals surface area contributed by atoms with Gasteiger partial charge in [-0.25, -0.2) is 17.9 Å². The third-order valence-electron chi connectivity index (χ3n) is 2.54. The maximum absolute atomic E-state index is 12.0. The summed E-state index contributed by atoms with van der Waals surface area (Å²) >= 11 is 0.924. The van der Waals surface area contributed by atoms with Gasteiger partial charge in [-0.3, -0.25) is 0 Å². The highest BCUT2D eigenvalue weighted by Crippen LogP contribution is 2.21. The van der Waals surface area contributed by atoms with Gasteiger partial charge in [-0.1, -0.05) is 20.3 Å². The quantitative estimate of drug-likeness (QED) is 0.807. The fourth-order valence-corrected chi connectivity index (χ4v) is 4.07. The molecule has 0 aliphatic carbocycles. The van der Waals surface area contributed by atoms with E-state index < -0.39 is 16.0 Å². The van der Waals surface area contributed by atoms with Gasteiger partial charge in [0, 0.05) is 11.4 Å². The Balaban J connectivity index is 2.88. The third kappa shape index (κ3) is 3.79. The molecule has 0 saturated carbocycles. The number of nitrogens with one attached hydrogen (secondary N) is 1. The Labute approximate surface area is 111 Å². The van der Waals surface area contributed by atoms with E-state index in [1.165, 1.54) is 11.4 Å². The van der Waals surface area contributed by atoms with Gasteiger partial charge in [-0.2, -0.15) is 0 Å². The van der Waals surface area contributed by atoms with Crippen LogP contribution in [0.5, 0.6) is 0 Å². The zero-order valence-electron chi connectivity index (χ0n) is 10.3. The van der Waals surface area contributed by atoms with Gasteiger partial charge in [0.15, 0.2) is 0 Å². The predicted molar refractivity (Wildman–Crippen MR) is 70.6 cm³/mol. The number of aromatic carboxylic acids is 1. The second kappa shape index (κ2) is 6.31. The monoisotopic (exact) mass is 291 g/mol. The van der Waals surface area contributed by atoms with Crippen LogP contribution in [0, 0.1) is 0 Å². The summed E-state index contributed by atoms with van der Waals surface area (Å²) in [6, 6.07) is 1.09. The molecule has 0 aliphatic rings. The van der Waals surface area contributed by atoms with Gasteiger partial charge >= 0.3 is 5.97 Å². The van der Waals surface area contributed by atoms with Crippen molar-refractivity contribution in [2.45, 2.75) is 43.4 Å². The summed E-state index contributed by atoms with van der Waals surface area (Å²) in [4.78, 5) is 10.7. The number of sulfonamides is 1. The Morgan fingerprint density at radius 1 is 1.50 bits per heavy atom. The van der Waals surface area contributed by atoms with E-state index in [1.54, 1.807) is 0 Å². The Bertz CT molecular complexity index is 507. The Hall–Kier alpha value is -0.920. The maximum atomic E-state index is 12.0. The minimum Gasteiger partial charge on any atom is -0.478 e. The van der Waals surface area contributed by atoms with Crippen LogP contribution >= 0.6 is 11.3 Å². The molecule has 0 saturated heterocycles. The molecule has 0 radical (unpaired) electrons. The largest absolute Gasteiger partial charge is 0.478 e. The van der Waals surface area contributed by atoms with Crippen molar-refractivity contribution < 1.29 is 18.3 Å². The summed E-state index contributed by atoms with van der Waals surface area (Å²) < 4.78 is 26.7. The molecule has 2 N–H and O–H groups in total. The van der Waals surface area contributed by atoms with Crippen molar-refractivity contribution in [1.29, 1.82) is 0 Å².